The van der Waals surface area contributed by atoms with E-state index in [4.69, 9.17) is 19.4 Å². The fraction of sp³-hybridized carbons (Fsp3) is 0.577. The number of benzene rings is 1. The van der Waals surface area contributed by atoms with Crippen LogP contribution in [0.1, 0.15) is 37.9 Å². The van der Waals surface area contributed by atoms with Crippen LogP contribution in [-0.2, 0) is 9.47 Å². The Morgan fingerprint density at radius 2 is 1.86 bits per heavy atom. The maximum absolute atomic E-state index is 14.0. The van der Waals surface area contributed by atoms with Crippen LogP contribution in [0.15, 0.2) is 30.3 Å². The van der Waals surface area contributed by atoms with Crippen LogP contribution < -0.4 is 15.5 Å². The minimum absolute atomic E-state index is 0.321. The van der Waals surface area contributed by atoms with Gasteiger partial charge >= 0.3 is 0 Å². The lowest BCUT2D eigenvalue weighted by Gasteiger charge is -2.30. The second-order valence-corrected chi connectivity index (χ2v) is 9.65. The Morgan fingerprint density at radius 3 is 2.62 bits per heavy atom. The molecule has 5 rings (SSSR count). The predicted octanol–water partition coefficient (Wildman–Crippen LogP) is 3.80. The molecule has 0 radical (unpaired) electrons. The van der Waals surface area contributed by atoms with Crippen molar-refractivity contribution in [2.75, 3.05) is 63.3 Å². The monoisotopic (exact) mass is 515 g/mol. The Balaban J connectivity index is 1.38. The van der Waals surface area contributed by atoms with E-state index in [0.717, 1.165) is 45.4 Å². The fourth-order valence-corrected chi connectivity index (χ4v) is 5.15. The van der Waals surface area contributed by atoms with Gasteiger partial charge in [-0.1, -0.05) is 12.1 Å². The van der Waals surface area contributed by atoms with Gasteiger partial charge < -0.3 is 25.0 Å². The second-order valence-electron chi connectivity index (χ2n) is 9.65. The number of ether oxygens (including phenoxy) is 2. The van der Waals surface area contributed by atoms with Crippen LogP contribution in [0, 0.1) is 5.92 Å². The molecule has 2 fully saturated rings. The molecule has 1 aliphatic carbocycles. The number of alkyl halides is 2. The van der Waals surface area contributed by atoms with E-state index >= 15 is 0 Å². The minimum atomic E-state index is -2.74. The molecule has 2 aromatic heterocycles. The van der Waals surface area contributed by atoms with Crippen LogP contribution >= 0.6 is 0 Å². The quantitative estimate of drug-likeness (QED) is 0.394. The van der Waals surface area contributed by atoms with Crippen molar-refractivity contribution >= 4 is 22.8 Å². The van der Waals surface area contributed by atoms with Crippen LogP contribution in [-0.4, -0.2) is 78.7 Å². The first-order valence-corrected chi connectivity index (χ1v) is 13.1. The Labute approximate surface area is 215 Å². The lowest BCUT2D eigenvalue weighted by molar-refractivity contribution is 0.122. The number of morpholine rings is 1. The third-order valence-corrected chi connectivity index (χ3v) is 7.16. The van der Waals surface area contributed by atoms with Gasteiger partial charge in [0.2, 0.25) is 5.95 Å². The summed E-state index contributed by atoms with van der Waals surface area (Å²) in [6.07, 6.45) is 1.76. The summed E-state index contributed by atoms with van der Waals surface area (Å²) in [4.78, 5) is 15.7. The first-order valence-electron chi connectivity index (χ1n) is 13.1. The van der Waals surface area contributed by atoms with E-state index in [-0.39, 0.29) is 5.82 Å². The number of nitrogens with zero attached hydrogens (tertiary/aromatic N) is 5. The van der Waals surface area contributed by atoms with Crippen molar-refractivity contribution in [3.8, 4) is 5.82 Å². The maximum atomic E-state index is 14.0. The number of halogens is 2. The van der Waals surface area contributed by atoms with Crippen molar-refractivity contribution in [3.63, 3.8) is 0 Å². The summed E-state index contributed by atoms with van der Waals surface area (Å²) in [6.45, 7) is 4.83. The van der Waals surface area contributed by atoms with Gasteiger partial charge in [-0.05, 0) is 43.7 Å². The molecule has 2 aliphatic rings. The third kappa shape index (κ3) is 6.16. The zero-order valence-corrected chi connectivity index (χ0v) is 21.2. The molecule has 1 saturated heterocycles. The van der Waals surface area contributed by atoms with Gasteiger partial charge in [0, 0.05) is 45.4 Å². The molecule has 3 heterocycles. The topological polar surface area (TPSA) is 89.4 Å². The average molecular weight is 516 g/mol. The highest BCUT2D eigenvalue weighted by Gasteiger charge is 2.24. The summed E-state index contributed by atoms with van der Waals surface area (Å²) < 4.78 is 40.2. The van der Waals surface area contributed by atoms with E-state index in [2.05, 4.69) is 15.6 Å². The SMILES string of the molecule is COCCNC1CCC(CNc2cc(-n3c(C(F)F)nc4ccccc43)nc(N3CCOCC3)n2)CC1. The Hall–Kier alpha value is -2.89. The number of methoxy groups -OCH3 is 1. The van der Waals surface area contributed by atoms with Crippen LogP contribution in [0.5, 0.6) is 0 Å². The van der Waals surface area contributed by atoms with Gasteiger partial charge in [-0.2, -0.15) is 9.97 Å². The number of fused-ring (bicyclic) bond motifs is 1. The molecule has 1 aromatic carbocycles. The zero-order chi connectivity index (χ0) is 25.6. The van der Waals surface area contributed by atoms with Crippen LogP contribution in [0.4, 0.5) is 20.5 Å². The lowest BCUT2D eigenvalue weighted by Crippen LogP contribution is -2.37. The normalized spacial score (nSPS) is 20.6. The molecule has 0 bridgehead atoms. The molecule has 0 unspecified atom stereocenters. The molecule has 0 spiro atoms. The van der Waals surface area contributed by atoms with E-state index in [9.17, 15) is 8.78 Å². The number of hydrogen-bond donors (Lipinski definition) is 2. The summed E-state index contributed by atoms with van der Waals surface area (Å²) in [5.41, 5.74) is 1.10. The maximum Gasteiger partial charge on any atom is 0.296 e. The number of para-hydroxylation sites is 2. The summed E-state index contributed by atoms with van der Waals surface area (Å²) in [5.74, 6) is 1.72. The number of hydrogen-bond acceptors (Lipinski definition) is 8. The zero-order valence-electron chi connectivity index (χ0n) is 21.2. The van der Waals surface area contributed by atoms with E-state index < -0.39 is 6.43 Å². The van der Waals surface area contributed by atoms with Crippen molar-refractivity contribution in [3.05, 3.63) is 36.2 Å². The molecule has 200 valence electrons. The van der Waals surface area contributed by atoms with E-state index in [0.29, 0.717) is 66.9 Å². The van der Waals surface area contributed by atoms with Crippen molar-refractivity contribution < 1.29 is 18.3 Å². The lowest BCUT2D eigenvalue weighted by atomic mass is 9.86. The summed E-state index contributed by atoms with van der Waals surface area (Å²) >= 11 is 0. The van der Waals surface area contributed by atoms with Gasteiger partial charge in [0.15, 0.2) is 5.82 Å². The number of rotatable bonds is 10. The fourth-order valence-electron chi connectivity index (χ4n) is 5.15. The van der Waals surface area contributed by atoms with Gasteiger partial charge in [0.25, 0.3) is 6.43 Å². The summed E-state index contributed by atoms with van der Waals surface area (Å²) in [5, 5.41) is 7.05. The summed E-state index contributed by atoms with van der Waals surface area (Å²) in [6, 6.07) is 9.43. The second kappa shape index (κ2) is 12.1. The number of aromatic nitrogens is 4. The highest BCUT2D eigenvalue weighted by Crippen LogP contribution is 2.30. The molecule has 1 saturated carbocycles. The molecule has 0 atom stereocenters. The van der Waals surface area contributed by atoms with Crippen LogP contribution in [0.25, 0.3) is 16.9 Å². The highest BCUT2D eigenvalue weighted by atomic mass is 19.3. The molecular formula is C26H35F2N7O2. The molecule has 9 nitrogen and oxygen atoms in total. The van der Waals surface area contributed by atoms with Gasteiger partial charge in [0.1, 0.15) is 11.6 Å². The molecule has 11 heteroatoms. The van der Waals surface area contributed by atoms with Crippen molar-refractivity contribution in [1.29, 1.82) is 0 Å². The van der Waals surface area contributed by atoms with E-state index in [1.54, 1.807) is 31.4 Å². The van der Waals surface area contributed by atoms with E-state index in [1.807, 2.05) is 11.0 Å². The number of imidazole rings is 1. The molecule has 3 aromatic rings. The first kappa shape index (κ1) is 25.7. The summed E-state index contributed by atoms with van der Waals surface area (Å²) in [7, 11) is 1.72. The Kier molecular flexibility index (Phi) is 8.42. The standard InChI is InChI=1S/C26H35F2N7O2/c1-36-13-10-29-19-8-6-18(7-9-19)17-30-22-16-23(33-26(32-22)34-11-14-37-15-12-34)35-21-5-3-2-4-20(21)31-25(35)24(27)28/h2-5,16,18-19,24,29H,6-15,17H2,1H3,(H,30,32,33). The van der Waals surface area contributed by atoms with Crippen molar-refractivity contribution in [1.82, 2.24) is 24.8 Å². The molecule has 0 amide bonds. The molecule has 2 N–H and O–H groups in total. The molecular weight excluding hydrogens is 480 g/mol. The van der Waals surface area contributed by atoms with Gasteiger partial charge in [-0.3, -0.25) is 4.57 Å². The third-order valence-electron chi connectivity index (χ3n) is 7.16. The number of nitrogens with one attached hydrogen (secondary N) is 2. The van der Waals surface area contributed by atoms with E-state index in [1.165, 1.54) is 4.57 Å². The first-order chi connectivity index (χ1) is 18.1. The van der Waals surface area contributed by atoms with Gasteiger partial charge in [-0.15, -0.1) is 0 Å². The molecule has 37 heavy (non-hydrogen) atoms. The minimum Gasteiger partial charge on any atom is -0.383 e. The smallest absolute Gasteiger partial charge is 0.296 e. The highest BCUT2D eigenvalue weighted by molar-refractivity contribution is 5.78. The van der Waals surface area contributed by atoms with Crippen molar-refractivity contribution in [2.45, 2.75) is 38.2 Å². The largest absolute Gasteiger partial charge is 0.383 e. The molecule has 1 aliphatic heterocycles. The Bertz CT molecular complexity index is 1160. The van der Waals surface area contributed by atoms with Gasteiger partial charge in [-0.25, -0.2) is 13.8 Å². The van der Waals surface area contributed by atoms with Crippen molar-refractivity contribution in [2.24, 2.45) is 5.92 Å². The average Bonchev–Trinajstić information content (AvgIpc) is 3.33. The Morgan fingerprint density at radius 1 is 1.08 bits per heavy atom. The van der Waals surface area contributed by atoms with Crippen LogP contribution in [0.3, 0.4) is 0 Å². The predicted molar refractivity (Wildman–Crippen MR) is 139 cm³/mol. The van der Waals surface area contributed by atoms with Gasteiger partial charge in [0.05, 0.1) is 30.9 Å². The number of anilines is 2. The van der Waals surface area contributed by atoms with Crippen LogP contribution in [0.2, 0.25) is 0 Å².